The fourth-order valence-corrected chi connectivity index (χ4v) is 3.81. The SMILES string of the molecule is CCCNC(Cc1ccc(F)cc1F)Cc1sccc1Br. The second-order valence-electron chi connectivity index (χ2n) is 4.99. The molecule has 1 unspecified atom stereocenters. The zero-order chi connectivity index (χ0) is 15.2. The molecule has 1 atom stereocenters. The van der Waals surface area contributed by atoms with Crippen LogP contribution in [-0.2, 0) is 12.8 Å². The van der Waals surface area contributed by atoms with Gasteiger partial charge in [0.05, 0.1) is 0 Å². The molecule has 0 aliphatic rings. The molecule has 0 spiro atoms. The third-order valence-electron chi connectivity index (χ3n) is 3.29. The Morgan fingerprint density at radius 1 is 1.24 bits per heavy atom. The molecule has 21 heavy (non-hydrogen) atoms. The van der Waals surface area contributed by atoms with Crippen molar-refractivity contribution in [3.63, 3.8) is 0 Å². The van der Waals surface area contributed by atoms with E-state index in [9.17, 15) is 8.78 Å². The highest BCUT2D eigenvalue weighted by Gasteiger charge is 2.15. The largest absolute Gasteiger partial charge is 0.313 e. The number of benzene rings is 1. The van der Waals surface area contributed by atoms with Crippen molar-refractivity contribution in [2.45, 2.75) is 32.2 Å². The van der Waals surface area contributed by atoms with Gasteiger partial charge in [-0.15, -0.1) is 11.3 Å². The molecule has 1 aromatic heterocycles. The van der Waals surface area contributed by atoms with Crippen LogP contribution in [0.4, 0.5) is 8.78 Å². The van der Waals surface area contributed by atoms with E-state index in [1.165, 1.54) is 17.0 Å². The molecule has 0 aliphatic heterocycles. The first-order valence-corrected chi connectivity index (χ1v) is 8.66. The Labute approximate surface area is 136 Å². The average Bonchev–Trinajstić information content (AvgIpc) is 2.84. The Hall–Kier alpha value is -0.780. The van der Waals surface area contributed by atoms with E-state index in [4.69, 9.17) is 0 Å². The maximum atomic E-state index is 13.8. The summed E-state index contributed by atoms with van der Waals surface area (Å²) in [5.74, 6) is -1.00. The summed E-state index contributed by atoms with van der Waals surface area (Å²) >= 11 is 5.22. The Kier molecular flexibility index (Phi) is 6.33. The summed E-state index contributed by atoms with van der Waals surface area (Å²) in [5.41, 5.74) is 0.553. The summed E-state index contributed by atoms with van der Waals surface area (Å²) in [6.07, 6.45) is 2.40. The maximum absolute atomic E-state index is 13.8. The molecule has 1 heterocycles. The van der Waals surface area contributed by atoms with Gasteiger partial charge >= 0.3 is 0 Å². The standard InChI is InChI=1S/C16H18BrF2NS/c1-2-6-20-13(10-16-14(17)5-7-21-16)8-11-3-4-12(18)9-15(11)19/h3-5,7,9,13,20H,2,6,8,10H2,1H3. The van der Waals surface area contributed by atoms with Crippen molar-refractivity contribution in [2.75, 3.05) is 6.54 Å². The molecule has 1 nitrogen and oxygen atoms in total. The quantitative estimate of drug-likeness (QED) is 0.724. The molecule has 0 fully saturated rings. The minimum atomic E-state index is -0.532. The minimum Gasteiger partial charge on any atom is -0.313 e. The lowest BCUT2D eigenvalue weighted by atomic mass is 10.0. The molecule has 5 heteroatoms. The van der Waals surface area contributed by atoms with Crippen molar-refractivity contribution in [3.8, 4) is 0 Å². The van der Waals surface area contributed by atoms with Crippen LogP contribution in [0.2, 0.25) is 0 Å². The van der Waals surface area contributed by atoms with Crippen LogP contribution < -0.4 is 5.32 Å². The van der Waals surface area contributed by atoms with Gasteiger partial charge in [-0.05, 0) is 64.8 Å². The molecule has 0 bridgehead atoms. The molecule has 0 radical (unpaired) electrons. The zero-order valence-electron chi connectivity index (χ0n) is 11.8. The second kappa shape index (κ2) is 8.01. The first kappa shape index (κ1) is 16.6. The maximum Gasteiger partial charge on any atom is 0.129 e. The Bertz CT molecular complexity index is 585. The molecule has 0 saturated carbocycles. The number of nitrogens with one attached hydrogen (secondary N) is 1. The van der Waals surface area contributed by atoms with Gasteiger partial charge in [0.1, 0.15) is 11.6 Å². The van der Waals surface area contributed by atoms with E-state index < -0.39 is 11.6 Å². The van der Waals surface area contributed by atoms with Gasteiger partial charge in [-0.3, -0.25) is 0 Å². The van der Waals surface area contributed by atoms with E-state index in [0.29, 0.717) is 12.0 Å². The first-order chi connectivity index (χ1) is 10.1. The molecular weight excluding hydrogens is 356 g/mol. The van der Waals surface area contributed by atoms with E-state index >= 15 is 0 Å². The number of rotatable bonds is 7. The van der Waals surface area contributed by atoms with Crippen molar-refractivity contribution in [2.24, 2.45) is 0 Å². The number of hydrogen-bond donors (Lipinski definition) is 1. The van der Waals surface area contributed by atoms with E-state index in [-0.39, 0.29) is 6.04 Å². The van der Waals surface area contributed by atoms with Crippen molar-refractivity contribution in [1.29, 1.82) is 0 Å². The van der Waals surface area contributed by atoms with E-state index in [2.05, 4.69) is 28.2 Å². The van der Waals surface area contributed by atoms with E-state index in [1.807, 2.05) is 11.4 Å². The summed E-state index contributed by atoms with van der Waals surface area (Å²) in [5, 5.41) is 5.49. The Balaban J connectivity index is 2.10. The molecule has 2 rings (SSSR count). The molecule has 114 valence electrons. The summed E-state index contributed by atoms with van der Waals surface area (Å²) in [7, 11) is 0. The Morgan fingerprint density at radius 2 is 2.05 bits per heavy atom. The molecule has 1 aromatic carbocycles. The fraction of sp³-hybridized carbons (Fsp3) is 0.375. The predicted molar refractivity (Wildman–Crippen MR) is 87.9 cm³/mol. The lowest BCUT2D eigenvalue weighted by Crippen LogP contribution is -2.34. The topological polar surface area (TPSA) is 12.0 Å². The van der Waals surface area contributed by atoms with Crippen LogP contribution in [0.3, 0.4) is 0 Å². The van der Waals surface area contributed by atoms with Gasteiger partial charge < -0.3 is 5.32 Å². The van der Waals surface area contributed by atoms with Gasteiger partial charge in [0.15, 0.2) is 0 Å². The highest BCUT2D eigenvalue weighted by atomic mass is 79.9. The monoisotopic (exact) mass is 373 g/mol. The van der Waals surface area contributed by atoms with Gasteiger partial charge in [-0.1, -0.05) is 13.0 Å². The third kappa shape index (κ3) is 4.87. The lowest BCUT2D eigenvalue weighted by Gasteiger charge is -2.18. The highest BCUT2D eigenvalue weighted by molar-refractivity contribution is 9.10. The minimum absolute atomic E-state index is 0.139. The first-order valence-electron chi connectivity index (χ1n) is 6.99. The molecule has 0 aliphatic carbocycles. The molecule has 0 amide bonds. The van der Waals surface area contributed by atoms with Gasteiger partial charge in [-0.2, -0.15) is 0 Å². The van der Waals surface area contributed by atoms with E-state index in [1.54, 1.807) is 11.3 Å². The predicted octanol–water partition coefficient (Wildman–Crippen LogP) is 4.94. The van der Waals surface area contributed by atoms with Gasteiger partial charge in [0.25, 0.3) is 0 Å². The van der Waals surface area contributed by atoms with Crippen LogP contribution in [0.1, 0.15) is 23.8 Å². The summed E-state index contributed by atoms with van der Waals surface area (Å²) < 4.78 is 27.9. The summed E-state index contributed by atoms with van der Waals surface area (Å²) in [4.78, 5) is 1.24. The third-order valence-corrected chi connectivity index (χ3v) is 5.24. The van der Waals surface area contributed by atoms with Crippen molar-refractivity contribution < 1.29 is 8.78 Å². The summed E-state index contributed by atoms with van der Waals surface area (Å²) in [6.45, 7) is 2.99. The summed E-state index contributed by atoms with van der Waals surface area (Å²) in [6, 6.07) is 5.97. The lowest BCUT2D eigenvalue weighted by molar-refractivity contribution is 0.491. The van der Waals surface area contributed by atoms with Crippen LogP contribution in [-0.4, -0.2) is 12.6 Å². The van der Waals surface area contributed by atoms with Crippen LogP contribution in [0, 0.1) is 11.6 Å². The van der Waals surface area contributed by atoms with Gasteiger partial charge in [0.2, 0.25) is 0 Å². The van der Waals surface area contributed by atoms with Gasteiger partial charge in [-0.25, -0.2) is 8.78 Å². The second-order valence-corrected chi connectivity index (χ2v) is 6.84. The van der Waals surface area contributed by atoms with Crippen molar-refractivity contribution in [3.05, 3.63) is 56.2 Å². The van der Waals surface area contributed by atoms with E-state index in [0.717, 1.165) is 29.9 Å². The highest BCUT2D eigenvalue weighted by Crippen LogP contribution is 2.25. The van der Waals surface area contributed by atoms with Crippen LogP contribution in [0.15, 0.2) is 34.1 Å². The smallest absolute Gasteiger partial charge is 0.129 e. The fourth-order valence-electron chi connectivity index (χ4n) is 2.21. The molecule has 1 N–H and O–H groups in total. The number of halogens is 3. The molecule has 2 aromatic rings. The van der Waals surface area contributed by atoms with Crippen LogP contribution in [0.5, 0.6) is 0 Å². The average molecular weight is 374 g/mol. The van der Waals surface area contributed by atoms with Crippen LogP contribution in [0.25, 0.3) is 0 Å². The molecular formula is C16H18BrF2NS. The van der Waals surface area contributed by atoms with Crippen molar-refractivity contribution in [1.82, 2.24) is 5.32 Å². The van der Waals surface area contributed by atoms with Crippen molar-refractivity contribution >= 4 is 27.3 Å². The normalized spacial score (nSPS) is 12.6. The number of thiophene rings is 1. The Morgan fingerprint density at radius 3 is 2.67 bits per heavy atom. The van der Waals surface area contributed by atoms with Gasteiger partial charge in [0, 0.05) is 21.5 Å². The molecule has 0 saturated heterocycles. The zero-order valence-corrected chi connectivity index (χ0v) is 14.2. The van der Waals surface area contributed by atoms with Crippen LogP contribution >= 0.6 is 27.3 Å². The number of hydrogen-bond acceptors (Lipinski definition) is 2.